The zero-order chi connectivity index (χ0) is 18.5. The second-order valence-electron chi connectivity index (χ2n) is 5.99. The van der Waals surface area contributed by atoms with Gasteiger partial charge in [-0.3, -0.25) is 4.79 Å². The molecule has 8 heteroatoms. The highest BCUT2D eigenvalue weighted by Gasteiger charge is 2.30. The van der Waals surface area contributed by atoms with Gasteiger partial charge in [-0.2, -0.15) is 0 Å². The summed E-state index contributed by atoms with van der Waals surface area (Å²) in [5.41, 5.74) is 0.777. The molecule has 2 heterocycles. The van der Waals surface area contributed by atoms with Gasteiger partial charge in [-0.15, -0.1) is 0 Å². The van der Waals surface area contributed by atoms with Gasteiger partial charge in [-0.25, -0.2) is 14.2 Å². The minimum Gasteiger partial charge on any atom is -0.481 e. The molecule has 1 aromatic carbocycles. The van der Waals surface area contributed by atoms with E-state index in [9.17, 15) is 14.0 Å². The number of carbonyl (C=O) groups is 2. The van der Waals surface area contributed by atoms with E-state index < -0.39 is 11.9 Å². The number of carboxylic acid groups (broad SMARTS) is 1. The number of carbonyl (C=O) groups excluding carboxylic acids is 1. The van der Waals surface area contributed by atoms with Crippen molar-refractivity contribution < 1.29 is 23.8 Å². The first-order chi connectivity index (χ1) is 12.5. The number of nitrogens with zero attached hydrogens (tertiary/aromatic N) is 2. The molecule has 0 saturated carbocycles. The fourth-order valence-corrected chi connectivity index (χ4v) is 2.64. The number of ether oxygens (including phenoxy) is 1. The summed E-state index contributed by atoms with van der Waals surface area (Å²) in [7, 11) is 0. The van der Waals surface area contributed by atoms with E-state index in [-0.39, 0.29) is 24.9 Å². The Morgan fingerprint density at radius 3 is 2.65 bits per heavy atom. The topological polar surface area (TPSA) is 91.8 Å². The highest BCUT2D eigenvalue weighted by Crippen LogP contribution is 2.20. The van der Waals surface area contributed by atoms with Gasteiger partial charge >= 0.3 is 12.0 Å². The van der Waals surface area contributed by atoms with E-state index >= 15 is 0 Å². The first-order valence-corrected chi connectivity index (χ1v) is 8.15. The second-order valence-corrected chi connectivity index (χ2v) is 5.99. The van der Waals surface area contributed by atoms with Crippen molar-refractivity contribution >= 4 is 12.0 Å². The summed E-state index contributed by atoms with van der Waals surface area (Å²) in [4.78, 5) is 28.6. The highest BCUT2D eigenvalue weighted by molar-refractivity contribution is 5.77. The van der Waals surface area contributed by atoms with Gasteiger partial charge in [0, 0.05) is 31.9 Å². The Labute approximate surface area is 149 Å². The Hall–Kier alpha value is -3.16. The van der Waals surface area contributed by atoms with Crippen LogP contribution in [0.2, 0.25) is 0 Å². The van der Waals surface area contributed by atoms with Crippen molar-refractivity contribution in [3.8, 4) is 11.6 Å². The van der Waals surface area contributed by atoms with Crippen LogP contribution in [0.1, 0.15) is 12.0 Å². The Morgan fingerprint density at radius 2 is 2.04 bits per heavy atom. The smallest absolute Gasteiger partial charge is 0.317 e. The van der Waals surface area contributed by atoms with Crippen molar-refractivity contribution in [1.82, 2.24) is 15.2 Å². The number of aliphatic carboxylic acids is 1. The number of benzene rings is 1. The summed E-state index contributed by atoms with van der Waals surface area (Å²) < 4.78 is 18.4. The Morgan fingerprint density at radius 1 is 1.27 bits per heavy atom. The van der Waals surface area contributed by atoms with Gasteiger partial charge in [0.25, 0.3) is 0 Å². The largest absolute Gasteiger partial charge is 0.481 e. The third-order valence-electron chi connectivity index (χ3n) is 4.10. The molecule has 0 radical (unpaired) electrons. The van der Waals surface area contributed by atoms with E-state index in [1.807, 2.05) is 0 Å². The molecule has 26 heavy (non-hydrogen) atoms. The van der Waals surface area contributed by atoms with Gasteiger partial charge in [0.15, 0.2) is 0 Å². The number of hydrogen-bond acceptors (Lipinski definition) is 4. The highest BCUT2D eigenvalue weighted by atomic mass is 19.1. The molecule has 136 valence electrons. The molecule has 1 unspecified atom stereocenters. The van der Waals surface area contributed by atoms with Crippen molar-refractivity contribution in [2.75, 3.05) is 13.1 Å². The van der Waals surface area contributed by atoms with E-state index in [0.717, 1.165) is 5.56 Å². The molecule has 1 aliphatic rings. The molecule has 1 atom stereocenters. The molecule has 1 aromatic heterocycles. The van der Waals surface area contributed by atoms with Crippen LogP contribution in [0.4, 0.5) is 9.18 Å². The molecule has 7 nitrogen and oxygen atoms in total. The number of aromatic nitrogens is 1. The average molecular weight is 359 g/mol. The van der Waals surface area contributed by atoms with E-state index in [0.29, 0.717) is 24.6 Å². The van der Waals surface area contributed by atoms with Gasteiger partial charge in [-0.05, 0) is 36.2 Å². The third-order valence-corrected chi connectivity index (χ3v) is 4.10. The molecule has 2 aromatic rings. The summed E-state index contributed by atoms with van der Waals surface area (Å²) in [6, 6.07) is 8.73. The number of rotatable bonds is 5. The van der Waals surface area contributed by atoms with Crippen LogP contribution in [0.25, 0.3) is 0 Å². The average Bonchev–Trinajstić information content (AvgIpc) is 3.13. The lowest BCUT2D eigenvalue weighted by Crippen LogP contribution is -2.38. The van der Waals surface area contributed by atoms with Crippen LogP contribution in [0.15, 0.2) is 42.6 Å². The van der Waals surface area contributed by atoms with Crippen LogP contribution in [0, 0.1) is 11.7 Å². The quantitative estimate of drug-likeness (QED) is 0.856. The van der Waals surface area contributed by atoms with Crippen molar-refractivity contribution in [3.05, 3.63) is 54.0 Å². The summed E-state index contributed by atoms with van der Waals surface area (Å²) in [5, 5.41) is 11.7. The summed E-state index contributed by atoms with van der Waals surface area (Å²) in [6.45, 7) is 0.937. The minimum atomic E-state index is -0.874. The summed E-state index contributed by atoms with van der Waals surface area (Å²) >= 11 is 0. The maximum atomic E-state index is 12.9. The Balaban J connectivity index is 1.49. The van der Waals surface area contributed by atoms with Crippen LogP contribution < -0.4 is 10.1 Å². The van der Waals surface area contributed by atoms with E-state index in [4.69, 9.17) is 9.84 Å². The Bertz CT molecular complexity index is 780. The maximum Gasteiger partial charge on any atom is 0.317 e. The zero-order valence-electron chi connectivity index (χ0n) is 13.9. The number of nitrogens with one attached hydrogen (secondary N) is 1. The monoisotopic (exact) mass is 359 g/mol. The van der Waals surface area contributed by atoms with Gasteiger partial charge in [0.2, 0.25) is 5.88 Å². The number of hydrogen-bond donors (Lipinski definition) is 2. The molecule has 1 fully saturated rings. The lowest BCUT2D eigenvalue weighted by Gasteiger charge is -2.16. The SMILES string of the molecule is O=C(O)C1CCN(C(=O)NCc2ccc(Oc3ccc(F)cc3)nc2)C1. The number of likely N-dealkylation sites (tertiary alicyclic amines) is 1. The number of urea groups is 1. The lowest BCUT2D eigenvalue weighted by molar-refractivity contribution is -0.141. The van der Waals surface area contributed by atoms with Gasteiger partial charge < -0.3 is 20.1 Å². The zero-order valence-corrected chi connectivity index (χ0v) is 13.9. The van der Waals surface area contributed by atoms with Crippen LogP contribution in [-0.4, -0.2) is 40.1 Å². The van der Waals surface area contributed by atoms with Crippen LogP contribution in [0.3, 0.4) is 0 Å². The van der Waals surface area contributed by atoms with Gasteiger partial charge in [0.05, 0.1) is 5.92 Å². The lowest BCUT2D eigenvalue weighted by atomic mass is 10.1. The summed E-state index contributed by atoms with van der Waals surface area (Å²) in [6.07, 6.45) is 2.04. The van der Waals surface area contributed by atoms with E-state index in [1.165, 1.54) is 29.2 Å². The minimum absolute atomic E-state index is 0.226. The molecular formula is C18H18FN3O4. The normalized spacial score (nSPS) is 16.3. The van der Waals surface area contributed by atoms with E-state index in [1.54, 1.807) is 18.3 Å². The van der Waals surface area contributed by atoms with Gasteiger partial charge in [-0.1, -0.05) is 6.07 Å². The van der Waals surface area contributed by atoms with Crippen molar-refractivity contribution in [1.29, 1.82) is 0 Å². The molecule has 1 saturated heterocycles. The standard InChI is InChI=1S/C18H18FN3O4/c19-14-2-4-15(5-3-14)26-16-6-1-12(9-20-16)10-21-18(25)22-8-7-13(11-22)17(23)24/h1-6,9,13H,7-8,10-11H2,(H,21,25)(H,23,24). The molecule has 0 bridgehead atoms. The maximum absolute atomic E-state index is 12.9. The van der Waals surface area contributed by atoms with Gasteiger partial charge in [0.1, 0.15) is 11.6 Å². The molecule has 3 rings (SSSR count). The van der Waals surface area contributed by atoms with Crippen molar-refractivity contribution in [3.63, 3.8) is 0 Å². The van der Waals surface area contributed by atoms with E-state index in [2.05, 4.69) is 10.3 Å². The number of carboxylic acids is 1. The van der Waals surface area contributed by atoms with Crippen LogP contribution in [0.5, 0.6) is 11.6 Å². The fourth-order valence-electron chi connectivity index (χ4n) is 2.64. The molecule has 0 spiro atoms. The molecule has 2 amide bonds. The number of halogens is 1. The van der Waals surface area contributed by atoms with Crippen molar-refractivity contribution in [2.24, 2.45) is 5.92 Å². The first kappa shape index (κ1) is 17.7. The number of amides is 2. The van der Waals surface area contributed by atoms with Crippen molar-refractivity contribution in [2.45, 2.75) is 13.0 Å². The summed E-state index contributed by atoms with van der Waals surface area (Å²) in [5.74, 6) is -0.881. The first-order valence-electron chi connectivity index (χ1n) is 8.15. The third kappa shape index (κ3) is 4.47. The number of pyridine rings is 1. The fraction of sp³-hybridized carbons (Fsp3) is 0.278. The second kappa shape index (κ2) is 7.81. The predicted molar refractivity (Wildman–Crippen MR) is 90.3 cm³/mol. The predicted octanol–water partition coefficient (Wildman–Crippen LogP) is 2.63. The van der Waals surface area contributed by atoms with Crippen LogP contribution in [-0.2, 0) is 11.3 Å². The molecule has 1 aliphatic heterocycles. The van der Waals surface area contributed by atoms with Crippen LogP contribution >= 0.6 is 0 Å². The Kier molecular flexibility index (Phi) is 5.31. The molecule has 2 N–H and O–H groups in total. The molecular weight excluding hydrogens is 341 g/mol. The molecule has 0 aliphatic carbocycles.